The van der Waals surface area contributed by atoms with Gasteiger partial charge in [0.2, 0.25) is 21.3 Å². The van der Waals surface area contributed by atoms with Gasteiger partial charge in [-0.15, -0.1) is 11.3 Å². The Balaban J connectivity index is 1.90. The molecule has 1 aromatic heterocycles. The molecule has 7 nitrogen and oxygen atoms in total. The Hall–Kier alpha value is -3.40. The minimum atomic E-state index is -5.14. The Kier molecular flexibility index (Phi) is 8.28. The van der Waals surface area contributed by atoms with Crippen molar-refractivity contribution in [2.45, 2.75) is 48.9 Å². The number of hydrogen-bond donors (Lipinski definition) is 1. The molecule has 3 aromatic rings. The number of nitrogens with zero attached hydrogens (tertiary/aromatic N) is 2. The van der Waals surface area contributed by atoms with E-state index in [0.29, 0.717) is 19.1 Å². The number of benzene rings is 2. The summed E-state index contributed by atoms with van der Waals surface area (Å²) in [5.41, 5.74) is -4.44. The number of carbonyl (C=O) groups is 1. The topological polar surface area (TPSA) is 96.8 Å². The number of hydrogen-bond acceptors (Lipinski definition) is 7. The van der Waals surface area contributed by atoms with Crippen molar-refractivity contribution in [3.05, 3.63) is 63.9 Å². The van der Waals surface area contributed by atoms with Crippen LogP contribution in [0.15, 0.2) is 46.8 Å². The first-order valence-electron chi connectivity index (χ1n) is 11.8. The molecule has 1 aliphatic heterocycles. The molecule has 0 aliphatic carbocycles. The van der Waals surface area contributed by atoms with Crippen molar-refractivity contribution in [3.63, 3.8) is 0 Å². The summed E-state index contributed by atoms with van der Waals surface area (Å²) in [6.45, 7) is -0.842. The van der Waals surface area contributed by atoms with Gasteiger partial charge in [-0.2, -0.15) is 13.2 Å². The Bertz CT molecular complexity index is 1550. The zero-order valence-corrected chi connectivity index (χ0v) is 22.6. The van der Waals surface area contributed by atoms with E-state index in [1.165, 1.54) is 12.1 Å². The van der Waals surface area contributed by atoms with E-state index < -0.39 is 98.7 Å². The van der Waals surface area contributed by atoms with Crippen LogP contribution >= 0.6 is 11.3 Å². The smallest absolute Gasteiger partial charge is 0.420 e. The van der Waals surface area contributed by atoms with E-state index in [1.807, 2.05) is 0 Å². The van der Waals surface area contributed by atoms with E-state index in [-0.39, 0.29) is 10.6 Å². The summed E-state index contributed by atoms with van der Waals surface area (Å²) < 4.78 is 132. The fourth-order valence-corrected chi connectivity index (χ4v) is 6.73. The highest BCUT2D eigenvalue weighted by atomic mass is 32.2. The van der Waals surface area contributed by atoms with Gasteiger partial charge in [-0.05, 0) is 37.6 Å². The van der Waals surface area contributed by atoms with Crippen LogP contribution in [0, 0.1) is 11.7 Å². The third-order valence-electron chi connectivity index (χ3n) is 6.32. The number of ether oxygens (including phenoxy) is 1. The summed E-state index contributed by atoms with van der Waals surface area (Å²) in [7, 11) is -5.10. The number of carboxylic acid groups (broad SMARTS) is 1. The number of alkyl halides is 6. The van der Waals surface area contributed by atoms with Gasteiger partial charge in [0.15, 0.2) is 5.69 Å². The summed E-state index contributed by atoms with van der Waals surface area (Å²) >= 11 is 0.768. The second-order valence-corrected chi connectivity index (χ2v) is 12.3. The summed E-state index contributed by atoms with van der Waals surface area (Å²) in [5.74, 6) is -8.27. The van der Waals surface area contributed by atoms with Crippen LogP contribution in [0.2, 0.25) is 0 Å². The van der Waals surface area contributed by atoms with E-state index in [4.69, 9.17) is 4.74 Å². The maximum atomic E-state index is 15.7. The van der Waals surface area contributed by atoms with E-state index >= 15 is 4.39 Å². The highest BCUT2D eigenvalue weighted by molar-refractivity contribution is 7.92. The zero-order valence-electron chi connectivity index (χ0n) is 21.0. The third kappa shape index (κ3) is 6.58. The number of rotatable bonds is 8. The normalized spacial score (nSPS) is 19.0. The quantitative estimate of drug-likeness (QED) is 0.273. The standard InChI is InChI=1S/C25H21F7N2O5S2/c1-24(28,29)6-5-13-10-34(15-4-2-3-14(26)7-15)17-8-16(25(30,31)32)18(9-20(17)41(37,38)22(13)27)39-11-19-21(23(35)36)33-12-40-19/h2-4,7-9,12-13,22H,5-6,10-11H2,1H3,(H,35,36)/t13-,22+/m1/s1. The number of halogens is 7. The van der Waals surface area contributed by atoms with Crippen LogP contribution in [0.1, 0.15) is 40.7 Å². The lowest BCUT2D eigenvalue weighted by molar-refractivity contribution is -0.139. The number of sulfone groups is 1. The minimum absolute atomic E-state index is 0.0752. The van der Waals surface area contributed by atoms with Crippen molar-refractivity contribution in [1.29, 1.82) is 0 Å². The van der Waals surface area contributed by atoms with E-state index in [1.54, 1.807) is 0 Å². The molecule has 2 aromatic carbocycles. The molecule has 0 bridgehead atoms. The zero-order chi connectivity index (χ0) is 30.3. The van der Waals surface area contributed by atoms with Crippen LogP contribution in [0.5, 0.6) is 5.75 Å². The van der Waals surface area contributed by atoms with Crippen LogP contribution < -0.4 is 9.64 Å². The molecule has 16 heteroatoms. The molecule has 41 heavy (non-hydrogen) atoms. The van der Waals surface area contributed by atoms with Crippen LogP contribution in [-0.4, -0.2) is 42.4 Å². The molecule has 0 fully saturated rings. The first kappa shape index (κ1) is 30.6. The number of aromatic carboxylic acids is 1. The molecular formula is C25H21F7N2O5S2. The maximum absolute atomic E-state index is 15.7. The minimum Gasteiger partial charge on any atom is -0.487 e. The molecule has 4 rings (SSSR count). The monoisotopic (exact) mass is 626 g/mol. The lowest BCUT2D eigenvalue weighted by Gasteiger charge is -2.29. The second-order valence-electron chi connectivity index (χ2n) is 9.39. The van der Waals surface area contributed by atoms with Gasteiger partial charge in [0.1, 0.15) is 18.2 Å². The van der Waals surface area contributed by atoms with E-state index in [2.05, 4.69) is 4.98 Å². The van der Waals surface area contributed by atoms with Gasteiger partial charge in [-0.25, -0.2) is 35.8 Å². The van der Waals surface area contributed by atoms with Gasteiger partial charge in [0, 0.05) is 30.6 Å². The highest BCUT2D eigenvalue weighted by Crippen LogP contribution is 2.47. The van der Waals surface area contributed by atoms with Gasteiger partial charge in [0.25, 0.3) is 0 Å². The number of carboxylic acids is 1. The van der Waals surface area contributed by atoms with Crippen molar-refractivity contribution in [2.75, 3.05) is 11.4 Å². The largest absolute Gasteiger partial charge is 0.487 e. The van der Waals surface area contributed by atoms with E-state index in [0.717, 1.165) is 33.9 Å². The van der Waals surface area contributed by atoms with Gasteiger partial charge in [-0.3, -0.25) is 0 Å². The SMILES string of the molecule is CC(F)(F)CC[C@@H]1CN(c2cccc(F)c2)c2cc(C(F)(F)F)c(OCc3scnc3C(=O)O)cc2S(=O)(=O)[C@@H]1F. The van der Waals surface area contributed by atoms with Crippen molar-refractivity contribution >= 4 is 38.5 Å². The third-order valence-corrected chi connectivity index (χ3v) is 9.05. The van der Waals surface area contributed by atoms with Gasteiger partial charge >= 0.3 is 12.1 Å². The van der Waals surface area contributed by atoms with Crippen molar-refractivity contribution in [2.24, 2.45) is 5.92 Å². The number of thiazole rings is 1. The first-order chi connectivity index (χ1) is 19.0. The first-order valence-corrected chi connectivity index (χ1v) is 14.2. The Morgan fingerprint density at radius 1 is 1.20 bits per heavy atom. The molecule has 0 amide bonds. The average molecular weight is 627 g/mol. The molecule has 0 radical (unpaired) electrons. The Labute approximate surface area is 233 Å². The van der Waals surface area contributed by atoms with Crippen LogP contribution in [0.25, 0.3) is 0 Å². The molecule has 1 aliphatic rings. The van der Waals surface area contributed by atoms with Crippen molar-refractivity contribution in [3.8, 4) is 5.75 Å². The molecular weight excluding hydrogens is 605 g/mol. The molecule has 2 heterocycles. The fraction of sp³-hybridized carbons (Fsp3) is 0.360. The summed E-state index contributed by atoms with van der Waals surface area (Å²) in [4.78, 5) is 14.8. The number of anilines is 2. The molecule has 222 valence electrons. The van der Waals surface area contributed by atoms with Crippen molar-refractivity contribution < 1.29 is 53.8 Å². The highest BCUT2D eigenvalue weighted by Gasteiger charge is 2.45. The molecule has 0 saturated heterocycles. The maximum Gasteiger partial charge on any atom is 0.420 e. The number of aromatic nitrogens is 1. The lowest BCUT2D eigenvalue weighted by atomic mass is 10.00. The van der Waals surface area contributed by atoms with Gasteiger partial charge in [-0.1, -0.05) is 6.07 Å². The summed E-state index contributed by atoms with van der Waals surface area (Å²) in [6, 6.07) is 5.22. The molecule has 0 saturated carbocycles. The molecule has 0 unspecified atom stereocenters. The van der Waals surface area contributed by atoms with Crippen LogP contribution in [0.4, 0.5) is 42.1 Å². The average Bonchev–Trinajstić information content (AvgIpc) is 3.32. The van der Waals surface area contributed by atoms with Crippen LogP contribution in [-0.2, 0) is 22.6 Å². The molecule has 0 spiro atoms. The predicted molar refractivity (Wildman–Crippen MR) is 134 cm³/mol. The Morgan fingerprint density at radius 3 is 2.51 bits per heavy atom. The van der Waals surface area contributed by atoms with Crippen LogP contribution in [0.3, 0.4) is 0 Å². The molecule has 2 atom stereocenters. The summed E-state index contributed by atoms with van der Waals surface area (Å²) in [5, 5.41) is 9.21. The molecule has 1 N–H and O–H groups in total. The second kappa shape index (κ2) is 11.1. The summed E-state index contributed by atoms with van der Waals surface area (Å²) in [6.07, 6.45) is -6.71. The number of fused-ring (bicyclic) bond motifs is 1. The van der Waals surface area contributed by atoms with Gasteiger partial charge < -0.3 is 14.7 Å². The van der Waals surface area contributed by atoms with Crippen molar-refractivity contribution in [1.82, 2.24) is 4.98 Å². The predicted octanol–water partition coefficient (Wildman–Crippen LogP) is 6.85. The van der Waals surface area contributed by atoms with Gasteiger partial charge in [0.05, 0.1) is 26.5 Å². The lowest BCUT2D eigenvalue weighted by Crippen LogP contribution is -2.32. The Morgan fingerprint density at radius 2 is 1.90 bits per heavy atom. The fourth-order valence-electron chi connectivity index (χ4n) is 4.36. The van der Waals surface area contributed by atoms with E-state index in [9.17, 15) is 44.7 Å².